The lowest BCUT2D eigenvalue weighted by Crippen LogP contribution is -2.46. The molecule has 1 heterocycles. The fourth-order valence-corrected chi connectivity index (χ4v) is 2.85. The number of urea groups is 1. The third-order valence-electron chi connectivity index (χ3n) is 4.27. The summed E-state index contributed by atoms with van der Waals surface area (Å²) in [6.07, 6.45) is 0. The van der Waals surface area contributed by atoms with Crippen LogP contribution in [0.25, 0.3) is 10.8 Å². The van der Waals surface area contributed by atoms with Crippen LogP contribution in [0, 0.1) is 0 Å². The lowest BCUT2D eigenvalue weighted by Gasteiger charge is -2.33. The average molecular weight is 310 g/mol. The maximum absolute atomic E-state index is 12.2. The zero-order valence-electron chi connectivity index (χ0n) is 13.3. The number of carbonyl (C=O) groups is 2. The Morgan fingerprint density at radius 1 is 1.17 bits per heavy atom. The Labute approximate surface area is 134 Å². The minimum absolute atomic E-state index is 0.242. The Hall–Kier alpha value is -2.82. The molecule has 23 heavy (non-hydrogen) atoms. The number of methoxy groups -OCH3 is 1. The van der Waals surface area contributed by atoms with Gasteiger partial charge in [0.25, 0.3) is 0 Å². The molecule has 5 nitrogen and oxygen atoms in total. The van der Waals surface area contributed by atoms with Gasteiger partial charge in [0.05, 0.1) is 18.7 Å². The van der Waals surface area contributed by atoms with Crippen LogP contribution in [0.1, 0.15) is 18.5 Å². The molecule has 0 unspecified atom stereocenters. The molecule has 1 aliphatic heterocycles. The van der Waals surface area contributed by atoms with Crippen molar-refractivity contribution in [1.29, 1.82) is 0 Å². The number of rotatable bonds is 2. The quantitative estimate of drug-likeness (QED) is 0.868. The Bertz CT molecular complexity index is 826. The highest BCUT2D eigenvalue weighted by Gasteiger charge is 2.34. The first-order valence-electron chi connectivity index (χ1n) is 7.35. The monoisotopic (exact) mass is 310 g/mol. The van der Waals surface area contributed by atoms with Crippen molar-refractivity contribution in [3.63, 3.8) is 0 Å². The molecular formula is C18H18N2O3. The van der Waals surface area contributed by atoms with Gasteiger partial charge < -0.3 is 15.0 Å². The second kappa shape index (κ2) is 5.76. The summed E-state index contributed by atoms with van der Waals surface area (Å²) in [6.45, 7) is 1.75. The van der Waals surface area contributed by atoms with E-state index in [2.05, 4.69) is 5.32 Å². The second-order valence-corrected chi connectivity index (χ2v) is 5.54. The maximum atomic E-state index is 12.2. The number of allylic oxidation sites excluding steroid dienone is 1. The number of benzene rings is 2. The minimum Gasteiger partial charge on any atom is -0.466 e. The molecule has 0 saturated heterocycles. The van der Waals surface area contributed by atoms with E-state index < -0.39 is 12.0 Å². The summed E-state index contributed by atoms with van der Waals surface area (Å²) in [7, 11) is 2.97. The van der Waals surface area contributed by atoms with E-state index in [9.17, 15) is 9.59 Å². The van der Waals surface area contributed by atoms with Gasteiger partial charge in [-0.2, -0.15) is 0 Å². The summed E-state index contributed by atoms with van der Waals surface area (Å²) in [5.74, 6) is -0.437. The van der Waals surface area contributed by atoms with Gasteiger partial charge in [-0.05, 0) is 29.3 Å². The average Bonchev–Trinajstić information content (AvgIpc) is 2.58. The standard InChI is InChI=1S/C18H18N2O3/c1-11-15(17(21)23-3)16(19-18(22)20(11)2)14-9-8-12-6-4-5-7-13(12)10-14/h4-10,16H,1-3H3,(H,19,22)/t16-/m1/s1. The van der Waals surface area contributed by atoms with E-state index in [4.69, 9.17) is 4.74 Å². The molecule has 0 saturated carbocycles. The summed E-state index contributed by atoms with van der Waals surface area (Å²) in [5, 5.41) is 5.03. The number of hydrogen-bond acceptors (Lipinski definition) is 3. The van der Waals surface area contributed by atoms with E-state index in [-0.39, 0.29) is 6.03 Å². The number of carbonyl (C=O) groups excluding carboxylic acids is 2. The normalized spacial score (nSPS) is 18.1. The number of hydrogen-bond donors (Lipinski definition) is 1. The highest BCUT2D eigenvalue weighted by Crippen LogP contribution is 2.32. The molecule has 0 aromatic heterocycles. The molecular weight excluding hydrogens is 292 g/mol. The van der Waals surface area contributed by atoms with Crippen LogP contribution in [-0.2, 0) is 9.53 Å². The predicted octanol–water partition coefficient (Wildman–Crippen LogP) is 2.98. The van der Waals surface area contributed by atoms with Gasteiger partial charge in [-0.3, -0.25) is 0 Å². The molecule has 3 rings (SSSR count). The van der Waals surface area contributed by atoms with Gasteiger partial charge in [0.2, 0.25) is 0 Å². The summed E-state index contributed by atoms with van der Waals surface area (Å²) in [5.41, 5.74) is 1.90. The summed E-state index contributed by atoms with van der Waals surface area (Å²) < 4.78 is 4.91. The second-order valence-electron chi connectivity index (χ2n) is 5.54. The molecule has 118 valence electrons. The van der Waals surface area contributed by atoms with Crippen molar-refractivity contribution in [3.8, 4) is 0 Å². The Morgan fingerprint density at radius 2 is 1.87 bits per heavy atom. The first-order chi connectivity index (χ1) is 11.0. The number of esters is 1. The number of amides is 2. The predicted molar refractivity (Wildman–Crippen MR) is 87.7 cm³/mol. The molecule has 1 N–H and O–H groups in total. The van der Waals surface area contributed by atoms with Gasteiger partial charge in [-0.15, -0.1) is 0 Å². The zero-order valence-corrected chi connectivity index (χ0v) is 13.3. The van der Waals surface area contributed by atoms with Gasteiger partial charge in [0.15, 0.2) is 0 Å². The van der Waals surface area contributed by atoms with Crippen LogP contribution in [0.3, 0.4) is 0 Å². The van der Waals surface area contributed by atoms with Crippen molar-refractivity contribution >= 4 is 22.8 Å². The molecule has 0 fully saturated rings. The topological polar surface area (TPSA) is 58.6 Å². The lowest BCUT2D eigenvalue weighted by molar-refractivity contribution is -0.136. The van der Waals surface area contributed by atoms with E-state index in [0.717, 1.165) is 16.3 Å². The first-order valence-corrected chi connectivity index (χ1v) is 7.35. The Morgan fingerprint density at radius 3 is 2.57 bits per heavy atom. The van der Waals surface area contributed by atoms with Crippen LogP contribution in [0.4, 0.5) is 4.79 Å². The van der Waals surface area contributed by atoms with E-state index in [0.29, 0.717) is 11.3 Å². The smallest absolute Gasteiger partial charge is 0.337 e. The molecule has 0 aliphatic carbocycles. The van der Waals surface area contributed by atoms with Crippen molar-refractivity contribution < 1.29 is 14.3 Å². The number of nitrogens with zero attached hydrogens (tertiary/aromatic N) is 1. The Balaban J connectivity index is 2.14. The molecule has 1 atom stereocenters. The zero-order chi connectivity index (χ0) is 16.6. The largest absolute Gasteiger partial charge is 0.466 e. The van der Waals surface area contributed by atoms with Gasteiger partial charge in [0.1, 0.15) is 0 Å². The highest BCUT2D eigenvalue weighted by atomic mass is 16.5. The van der Waals surface area contributed by atoms with E-state index in [1.807, 2.05) is 42.5 Å². The van der Waals surface area contributed by atoms with Crippen molar-refractivity contribution in [2.24, 2.45) is 0 Å². The van der Waals surface area contributed by atoms with Gasteiger partial charge >= 0.3 is 12.0 Å². The molecule has 5 heteroatoms. The van der Waals surface area contributed by atoms with Crippen molar-refractivity contribution in [1.82, 2.24) is 10.2 Å². The van der Waals surface area contributed by atoms with E-state index in [1.54, 1.807) is 14.0 Å². The SMILES string of the molecule is COC(=O)C1=C(C)N(C)C(=O)N[C@@H]1c1ccc2ccccc2c1. The van der Waals surface area contributed by atoms with Gasteiger partial charge in [-0.25, -0.2) is 9.59 Å². The minimum atomic E-state index is -0.518. The highest BCUT2D eigenvalue weighted by molar-refractivity contribution is 5.95. The third-order valence-corrected chi connectivity index (χ3v) is 4.27. The number of fused-ring (bicyclic) bond motifs is 1. The van der Waals surface area contributed by atoms with Crippen molar-refractivity contribution in [2.45, 2.75) is 13.0 Å². The summed E-state index contributed by atoms with van der Waals surface area (Å²) in [4.78, 5) is 25.8. The maximum Gasteiger partial charge on any atom is 0.337 e. The number of nitrogens with one attached hydrogen (secondary N) is 1. The molecule has 2 amide bonds. The van der Waals surface area contributed by atoms with Gasteiger partial charge in [-0.1, -0.05) is 36.4 Å². The molecule has 1 aliphatic rings. The van der Waals surface area contributed by atoms with Crippen LogP contribution < -0.4 is 5.32 Å². The number of ether oxygens (including phenoxy) is 1. The summed E-state index contributed by atoms with van der Waals surface area (Å²) in [6, 6.07) is 13.1. The molecule has 0 bridgehead atoms. The van der Waals surface area contributed by atoms with Crippen LogP contribution in [0.5, 0.6) is 0 Å². The fraction of sp³-hybridized carbons (Fsp3) is 0.222. The van der Waals surface area contributed by atoms with E-state index >= 15 is 0 Å². The van der Waals surface area contributed by atoms with Crippen LogP contribution in [0.2, 0.25) is 0 Å². The van der Waals surface area contributed by atoms with Crippen LogP contribution >= 0.6 is 0 Å². The first kappa shape index (κ1) is 15.1. The van der Waals surface area contributed by atoms with Crippen LogP contribution in [-0.4, -0.2) is 31.1 Å². The van der Waals surface area contributed by atoms with E-state index in [1.165, 1.54) is 12.0 Å². The Kier molecular flexibility index (Phi) is 3.78. The summed E-state index contributed by atoms with van der Waals surface area (Å²) >= 11 is 0. The molecule has 0 spiro atoms. The molecule has 0 radical (unpaired) electrons. The third kappa shape index (κ3) is 2.54. The van der Waals surface area contributed by atoms with Crippen molar-refractivity contribution in [3.05, 3.63) is 59.3 Å². The van der Waals surface area contributed by atoms with Gasteiger partial charge in [0, 0.05) is 12.7 Å². The van der Waals surface area contributed by atoms with Crippen molar-refractivity contribution in [2.75, 3.05) is 14.2 Å². The molecule has 2 aromatic carbocycles. The molecule has 2 aromatic rings. The lowest BCUT2D eigenvalue weighted by atomic mass is 9.93. The fourth-order valence-electron chi connectivity index (χ4n) is 2.85. The van der Waals surface area contributed by atoms with Crippen LogP contribution in [0.15, 0.2) is 53.7 Å².